The smallest absolute Gasteiger partial charge is 0.245 e. The highest BCUT2D eigenvalue weighted by molar-refractivity contribution is 6.28. The van der Waals surface area contributed by atoms with Gasteiger partial charge in [-0.1, -0.05) is 0 Å². The number of aromatic nitrogens is 4. The van der Waals surface area contributed by atoms with Crippen LogP contribution >= 0.6 is 11.6 Å². The second kappa shape index (κ2) is 7.08. The summed E-state index contributed by atoms with van der Waals surface area (Å²) < 4.78 is 27.6. The fraction of sp³-hybridized carbons (Fsp3) is 0.429. The lowest BCUT2D eigenvalue weighted by Gasteiger charge is -2.38. The van der Waals surface area contributed by atoms with Crippen LogP contribution in [-0.4, -0.2) is 62.3 Å². The SMILES string of the molecule is O=C1N2[C@H](c3cc(F)cc(F)c3)CCN2CC12CCN(c1nc(Cl)nc3[nH]ncc13)CC2. The summed E-state index contributed by atoms with van der Waals surface area (Å²) in [7, 11) is 0. The van der Waals surface area contributed by atoms with Gasteiger partial charge in [0.25, 0.3) is 0 Å². The Morgan fingerprint density at radius 3 is 2.59 bits per heavy atom. The van der Waals surface area contributed by atoms with Crippen LogP contribution in [0.3, 0.4) is 0 Å². The van der Waals surface area contributed by atoms with Crippen LogP contribution in [0.25, 0.3) is 11.0 Å². The number of fused-ring (bicyclic) bond motifs is 2. The summed E-state index contributed by atoms with van der Waals surface area (Å²) in [5.74, 6) is -0.495. The highest BCUT2D eigenvalue weighted by Crippen LogP contribution is 2.47. The molecule has 3 aliphatic heterocycles. The van der Waals surface area contributed by atoms with Gasteiger partial charge in [0, 0.05) is 32.2 Å². The van der Waals surface area contributed by atoms with E-state index in [4.69, 9.17) is 11.6 Å². The van der Waals surface area contributed by atoms with Crippen LogP contribution in [0, 0.1) is 17.0 Å². The van der Waals surface area contributed by atoms with Crippen LogP contribution in [-0.2, 0) is 4.79 Å². The molecule has 32 heavy (non-hydrogen) atoms. The van der Waals surface area contributed by atoms with Gasteiger partial charge in [-0.2, -0.15) is 15.1 Å². The van der Waals surface area contributed by atoms with Gasteiger partial charge < -0.3 is 4.90 Å². The van der Waals surface area contributed by atoms with E-state index in [1.165, 1.54) is 12.1 Å². The largest absolute Gasteiger partial charge is 0.356 e. The van der Waals surface area contributed by atoms with E-state index in [1.54, 1.807) is 11.2 Å². The molecule has 1 spiro atoms. The van der Waals surface area contributed by atoms with Crippen molar-refractivity contribution in [1.82, 2.24) is 30.2 Å². The van der Waals surface area contributed by atoms with Crippen LogP contribution < -0.4 is 4.90 Å². The number of rotatable bonds is 2. The quantitative estimate of drug-likeness (QED) is 0.593. The van der Waals surface area contributed by atoms with Gasteiger partial charge in [0.05, 0.1) is 23.0 Å². The van der Waals surface area contributed by atoms with E-state index in [-0.39, 0.29) is 17.2 Å². The zero-order valence-corrected chi connectivity index (χ0v) is 17.8. The van der Waals surface area contributed by atoms with Crippen molar-refractivity contribution < 1.29 is 13.6 Å². The van der Waals surface area contributed by atoms with Gasteiger partial charge in [-0.05, 0) is 48.6 Å². The molecule has 1 aromatic carbocycles. The Bertz CT molecular complexity index is 1210. The maximum Gasteiger partial charge on any atom is 0.245 e. The molecule has 3 aromatic rings. The number of anilines is 1. The molecule has 0 saturated carbocycles. The van der Waals surface area contributed by atoms with Crippen LogP contribution in [0.2, 0.25) is 5.28 Å². The molecule has 2 aromatic heterocycles. The van der Waals surface area contributed by atoms with Crippen molar-refractivity contribution in [2.75, 3.05) is 31.1 Å². The summed E-state index contributed by atoms with van der Waals surface area (Å²) in [5, 5.41) is 11.6. The maximum atomic E-state index is 13.8. The molecule has 3 fully saturated rings. The number of carbonyl (C=O) groups is 1. The Labute approximate surface area is 187 Å². The van der Waals surface area contributed by atoms with Crippen molar-refractivity contribution in [3.05, 3.63) is 46.9 Å². The van der Waals surface area contributed by atoms with E-state index in [0.717, 1.165) is 11.5 Å². The number of piperidine rings is 1. The van der Waals surface area contributed by atoms with Gasteiger partial charge in [0.2, 0.25) is 11.2 Å². The van der Waals surface area contributed by atoms with Gasteiger partial charge in [0.15, 0.2) is 5.65 Å². The van der Waals surface area contributed by atoms with E-state index in [2.05, 4.69) is 25.1 Å². The Balaban J connectivity index is 1.24. The van der Waals surface area contributed by atoms with E-state index in [9.17, 15) is 13.6 Å². The second-order valence-electron chi connectivity index (χ2n) is 8.76. The van der Waals surface area contributed by atoms with E-state index in [1.807, 2.05) is 5.01 Å². The monoisotopic (exact) mass is 459 g/mol. The lowest BCUT2D eigenvalue weighted by atomic mass is 9.77. The van der Waals surface area contributed by atoms with E-state index < -0.39 is 17.0 Å². The average Bonchev–Trinajstić information content (AvgIpc) is 3.44. The first-order valence-electron chi connectivity index (χ1n) is 10.6. The van der Waals surface area contributed by atoms with Gasteiger partial charge in [0.1, 0.15) is 17.5 Å². The molecule has 6 rings (SSSR count). The summed E-state index contributed by atoms with van der Waals surface area (Å²) in [5.41, 5.74) is 0.577. The first-order chi connectivity index (χ1) is 15.4. The molecular formula is C21H20ClF2N7O. The van der Waals surface area contributed by atoms with Crippen LogP contribution in [0.5, 0.6) is 0 Å². The van der Waals surface area contributed by atoms with Crippen LogP contribution in [0.1, 0.15) is 30.9 Å². The molecule has 166 valence electrons. The molecule has 0 aliphatic carbocycles. The minimum atomic E-state index is -0.623. The highest BCUT2D eigenvalue weighted by atomic mass is 35.5. The lowest BCUT2D eigenvalue weighted by Crippen LogP contribution is -2.46. The predicted molar refractivity (Wildman–Crippen MR) is 113 cm³/mol. The molecule has 1 N–H and O–H groups in total. The molecule has 0 bridgehead atoms. The zero-order chi connectivity index (χ0) is 22.0. The summed E-state index contributed by atoms with van der Waals surface area (Å²) >= 11 is 6.09. The Kier molecular flexibility index (Phi) is 4.38. The first kappa shape index (κ1) is 19.8. The number of hydrazine groups is 1. The maximum absolute atomic E-state index is 13.8. The molecule has 5 heterocycles. The van der Waals surface area contributed by atoms with Crippen molar-refractivity contribution in [3.8, 4) is 0 Å². The fourth-order valence-electron chi connectivity index (χ4n) is 5.41. The standard InChI is InChI=1S/C21H20ClF2N7O/c22-20-26-17-15(10-25-28-17)18(27-20)29-5-2-21(3-6-29)11-30-4-1-16(31(30)19(21)32)12-7-13(23)9-14(24)8-12/h7-10,16H,1-6,11H2,(H,25,26,27,28)/t16-/m0/s1. The third-order valence-corrected chi connectivity index (χ3v) is 7.13. The Morgan fingerprint density at radius 2 is 1.84 bits per heavy atom. The average molecular weight is 460 g/mol. The van der Waals surface area contributed by atoms with Gasteiger partial charge in [-0.25, -0.2) is 13.8 Å². The van der Waals surface area contributed by atoms with Crippen LogP contribution in [0.4, 0.5) is 14.6 Å². The second-order valence-corrected chi connectivity index (χ2v) is 9.10. The number of carbonyl (C=O) groups excluding carboxylic acids is 1. The van der Waals surface area contributed by atoms with E-state index >= 15 is 0 Å². The fourth-order valence-corrected chi connectivity index (χ4v) is 5.58. The minimum Gasteiger partial charge on any atom is -0.356 e. The summed E-state index contributed by atoms with van der Waals surface area (Å²) in [4.78, 5) is 24.3. The summed E-state index contributed by atoms with van der Waals surface area (Å²) in [6, 6.07) is 3.17. The summed E-state index contributed by atoms with van der Waals surface area (Å²) in [6.45, 7) is 2.59. The van der Waals surface area contributed by atoms with Crippen molar-refractivity contribution in [2.24, 2.45) is 5.41 Å². The molecule has 8 nitrogen and oxygen atoms in total. The van der Waals surface area contributed by atoms with E-state index in [0.29, 0.717) is 62.5 Å². The molecule has 0 unspecified atom stereocenters. The number of aromatic amines is 1. The zero-order valence-electron chi connectivity index (χ0n) is 17.1. The molecule has 1 atom stereocenters. The van der Waals surface area contributed by atoms with Crippen LogP contribution in [0.15, 0.2) is 24.4 Å². The molecule has 11 heteroatoms. The number of hydrogen-bond acceptors (Lipinski definition) is 6. The lowest BCUT2D eigenvalue weighted by molar-refractivity contribution is -0.143. The molecule has 0 radical (unpaired) electrons. The number of benzene rings is 1. The van der Waals surface area contributed by atoms with Crippen molar-refractivity contribution in [2.45, 2.75) is 25.3 Å². The number of amides is 1. The predicted octanol–water partition coefficient (Wildman–Crippen LogP) is 3.08. The van der Waals surface area contributed by atoms with Crippen molar-refractivity contribution in [3.63, 3.8) is 0 Å². The first-order valence-corrected chi connectivity index (χ1v) is 11.0. The molecular weight excluding hydrogens is 440 g/mol. The number of hydrogen-bond donors (Lipinski definition) is 1. The number of halogens is 3. The van der Waals surface area contributed by atoms with Gasteiger partial charge >= 0.3 is 0 Å². The molecule has 1 amide bonds. The third-order valence-electron chi connectivity index (χ3n) is 6.96. The van der Waals surface area contributed by atoms with Gasteiger partial charge in [-0.15, -0.1) is 0 Å². The van der Waals surface area contributed by atoms with Crippen molar-refractivity contribution >= 4 is 34.4 Å². The molecule has 3 aliphatic rings. The number of H-pyrrole nitrogens is 1. The Morgan fingerprint density at radius 1 is 1.09 bits per heavy atom. The molecule has 3 saturated heterocycles. The summed E-state index contributed by atoms with van der Waals surface area (Å²) in [6.07, 6.45) is 3.65. The van der Waals surface area contributed by atoms with Gasteiger partial charge in [-0.3, -0.25) is 14.9 Å². The topological polar surface area (TPSA) is 81.3 Å². The Hall–Kier alpha value is -2.85. The number of nitrogens with one attached hydrogen (secondary N) is 1. The normalized spacial score (nSPS) is 23.0. The number of nitrogens with zero attached hydrogens (tertiary/aromatic N) is 6. The third kappa shape index (κ3) is 2.96. The minimum absolute atomic E-state index is 0.0403. The van der Waals surface area contributed by atoms with Crippen molar-refractivity contribution in [1.29, 1.82) is 0 Å². The highest BCUT2D eigenvalue weighted by Gasteiger charge is 2.56.